The Balaban J connectivity index is 1.55. The van der Waals surface area contributed by atoms with Crippen LogP contribution in [-0.4, -0.2) is 19.6 Å². The fourth-order valence-corrected chi connectivity index (χ4v) is 3.23. The molecule has 2 aliphatic carbocycles. The largest absolute Gasteiger partial charge is 0.330 e. The lowest BCUT2D eigenvalue weighted by atomic mass is 9.94. The zero-order valence-electron chi connectivity index (χ0n) is 11.7. The van der Waals surface area contributed by atoms with Crippen LogP contribution in [0.15, 0.2) is 0 Å². The number of nitrogens with one attached hydrogen (secondary N) is 1. The van der Waals surface area contributed by atoms with Gasteiger partial charge in [0, 0.05) is 6.54 Å². The second-order valence-electron chi connectivity index (χ2n) is 6.83. The first-order valence-corrected chi connectivity index (χ1v) is 7.57. The van der Waals surface area contributed by atoms with E-state index >= 15 is 0 Å². The lowest BCUT2D eigenvalue weighted by Gasteiger charge is -2.19. The molecule has 2 nitrogen and oxygen atoms in total. The molecular weight excluding hydrogens is 208 g/mol. The molecule has 0 aliphatic heterocycles. The fourth-order valence-electron chi connectivity index (χ4n) is 3.23. The minimum absolute atomic E-state index is 0.721. The molecule has 0 amide bonds. The van der Waals surface area contributed by atoms with Crippen LogP contribution in [0.1, 0.15) is 52.4 Å². The standard InChI is InChI=1S/C15H30N2/c1-12(2)9-13(10-16)5-8-17-11-15(6-7-15)14-3-4-14/h12-14,17H,3-11,16H2,1-2H3. The molecule has 0 bridgehead atoms. The highest BCUT2D eigenvalue weighted by molar-refractivity contribution is 5.04. The minimum Gasteiger partial charge on any atom is -0.330 e. The van der Waals surface area contributed by atoms with Crippen LogP contribution in [0.3, 0.4) is 0 Å². The van der Waals surface area contributed by atoms with Crippen molar-refractivity contribution in [2.75, 3.05) is 19.6 Å². The number of hydrogen-bond acceptors (Lipinski definition) is 2. The molecule has 3 N–H and O–H groups in total. The Morgan fingerprint density at radius 2 is 2.00 bits per heavy atom. The van der Waals surface area contributed by atoms with Crippen molar-refractivity contribution in [3.05, 3.63) is 0 Å². The summed E-state index contributed by atoms with van der Waals surface area (Å²) >= 11 is 0. The quantitative estimate of drug-likeness (QED) is 0.606. The molecule has 2 aliphatic rings. The summed E-state index contributed by atoms with van der Waals surface area (Å²) in [6, 6.07) is 0. The first-order chi connectivity index (χ1) is 8.16. The molecule has 17 heavy (non-hydrogen) atoms. The Morgan fingerprint density at radius 1 is 1.29 bits per heavy atom. The maximum Gasteiger partial charge on any atom is 0.00105 e. The van der Waals surface area contributed by atoms with Crippen molar-refractivity contribution >= 4 is 0 Å². The third-order valence-corrected chi connectivity index (χ3v) is 4.68. The fraction of sp³-hybridized carbons (Fsp3) is 1.00. The molecule has 0 aromatic rings. The van der Waals surface area contributed by atoms with Crippen molar-refractivity contribution in [3.63, 3.8) is 0 Å². The molecule has 0 radical (unpaired) electrons. The molecule has 1 atom stereocenters. The smallest absolute Gasteiger partial charge is 0.00105 e. The van der Waals surface area contributed by atoms with Crippen LogP contribution < -0.4 is 11.1 Å². The minimum atomic E-state index is 0.721. The van der Waals surface area contributed by atoms with E-state index < -0.39 is 0 Å². The van der Waals surface area contributed by atoms with E-state index in [1.54, 1.807) is 0 Å². The molecule has 0 aromatic carbocycles. The third kappa shape index (κ3) is 3.96. The topological polar surface area (TPSA) is 38.0 Å². The van der Waals surface area contributed by atoms with E-state index in [4.69, 9.17) is 5.73 Å². The SMILES string of the molecule is CC(C)CC(CN)CCNCC1(C2CC2)CC1. The average molecular weight is 238 g/mol. The molecule has 2 heteroatoms. The Bertz CT molecular complexity index is 229. The normalized spacial score (nSPS) is 24.0. The average Bonchev–Trinajstić information content (AvgIpc) is 3.14. The third-order valence-electron chi connectivity index (χ3n) is 4.68. The highest BCUT2D eigenvalue weighted by Crippen LogP contribution is 2.60. The van der Waals surface area contributed by atoms with E-state index in [1.165, 1.54) is 51.6 Å². The highest BCUT2D eigenvalue weighted by atomic mass is 14.9. The van der Waals surface area contributed by atoms with Gasteiger partial charge >= 0.3 is 0 Å². The summed E-state index contributed by atoms with van der Waals surface area (Å²) in [7, 11) is 0. The molecular formula is C15H30N2. The predicted octanol–water partition coefficient (Wildman–Crippen LogP) is 2.78. The lowest BCUT2D eigenvalue weighted by molar-refractivity contribution is 0.360. The van der Waals surface area contributed by atoms with E-state index in [2.05, 4.69) is 19.2 Å². The van der Waals surface area contributed by atoms with Gasteiger partial charge in [-0.15, -0.1) is 0 Å². The Labute approximate surface area is 107 Å². The maximum atomic E-state index is 5.83. The van der Waals surface area contributed by atoms with Crippen molar-refractivity contribution < 1.29 is 0 Å². The van der Waals surface area contributed by atoms with E-state index in [0.29, 0.717) is 0 Å². The first-order valence-electron chi connectivity index (χ1n) is 7.57. The van der Waals surface area contributed by atoms with Gasteiger partial charge in [-0.3, -0.25) is 0 Å². The zero-order chi connectivity index (χ0) is 12.3. The first kappa shape index (κ1) is 13.4. The molecule has 0 spiro atoms. The summed E-state index contributed by atoms with van der Waals surface area (Å²) in [5.74, 6) is 2.58. The molecule has 100 valence electrons. The Hall–Kier alpha value is -0.0800. The summed E-state index contributed by atoms with van der Waals surface area (Å²) in [5.41, 5.74) is 6.58. The van der Waals surface area contributed by atoms with Gasteiger partial charge in [-0.1, -0.05) is 13.8 Å². The Kier molecular flexibility index (Phi) is 4.48. The van der Waals surface area contributed by atoms with Crippen molar-refractivity contribution in [2.45, 2.75) is 52.4 Å². The van der Waals surface area contributed by atoms with Gasteiger partial charge in [0.05, 0.1) is 0 Å². The van der Waals surface area contributed by atoms with E-state index in [9.17, 15) is 0 Å². The second-order valence-corrected chi connectivity index (χ2v) is 6.83. The van der Waals surface area contributed by atoms with Gasteiger partial charge in [-0.25, -0.2) is 0 Å². The monoisotopic (exact) mass is 238 g/mol. The molecule has 0 aromatic heterocycles. The van der Waals surface area contributed by atoms with Gasteiger partial charge in [0.2, 0.25) is 0 Å². The van der Waals surface area contributed by atoms with Crippen LogP contribution in [0, 0.1) is 23.2 Å². The summed E-state index contributed by atoms with van der Waals surface area (Å²) in [5, 5.41) is 3.69. The molecule has 1 unspecified atom stereocenters. The van der Waals surface area contributed by atoms with E-state index in [1.807, 2.05) is 0 Å². The van der Waals surface area contributed by atoms with Gasteiger partial charge < -0.3 is 11.1 Å². The van der Waals surface area contributed by atoms with Crippen LogP contribution in [-0.2, 0) is 0 Å². The molecule has 2 fully saturated rings. The van der Waals surface area contributed by atoms with Crippen LogP contribution in [0.25, 0.3) is 0 Å². The summed E-state index contributed by atoms with van der Waals surface area (Å²) < 4.78 is 0. The highest BCUT2D eigenvalue weighted by Gasteiger charge is 2.53. The second kappa shape index (κ2) is 5.71. The van der Waals surface area contributed by atoms with Crippen LogP contribution in [0.2, 0.25) is 0 Å². The molecule has 2 rings (SSSR count). The summed E-state index contributed by atoms with van der Waals surface area (Å²) in [4.78, 5) is 0. The Morgan fingerprint density at radius 3 is 2.47 bits per heavy atom. The predicted molar refractivity (Wildman–Crippen MR) is 73.9 cm³/mol. The van der Waals surface area contributed by atoms with Crippen molar-refractivity contribution in [1.82, 2.24) is 5.32 Å². The van der Waals surface area contributed by atoms with Crippen molar-refractivity contribution in [3.8, 4) is 0 Å². The van der Waals surface area contributed by atoms with Crippen molar-refractivity contribution in [2.24, 2.45) is 28.9 Å². The lowest BCUT2D eigenvalue weighted by Crippen LogP contribution is -2.29. The van der Waals surface area contributed by atoms with Gasteiger partial charge in [0.1, 0.15) is 0 Å². The van der Waals surface area contributed by atoms with Crippen LogP contribution >= 0.6 is 0 Å². The van der Waals surface area contributed by atoms with Gasteiger partial charge in [-0.05, 0) is 74.8 Å². The molecule has 0 heterocycles. The van der Waals surface area contributed by atoms with Crippen LogP contribution in [0.5, 0.6) is 0 Å². The summed E-state index contributed by atoms with van der Waals surface area (Å²) in [6.45, 7) is 7.89. The van der Waals surface area contributed by atoms with Gasteiger partial charge in [0.25, 0.3) is 0 Å². The molecule has 0 saturated heterocycles. The zero-order valence-corrected chi connectivity index (χ0v) is 11.7. The van der Waals surface area contributed by atoms with Crippen LogP contribution in [0.4, 0.5) is 0 Å². The summed E-state index contributed by atoms with van der Waals surface area (Å²) in [6.07, 6.45) is 8.51. The maximum absolute atomic E-state index is 5.83. The molecule has 2 saturated carbocycles. The number of rotatable bonds is 9. The van der Waals surface area contributed by atoms with E-state index in [0.717, 1.165) is 29.7 Å². The van der Waals surface area contributed by atoms with E-state index in [-0.39, 0.29) is 0 Å². The van der Waals surface area contributed by atoms with Gasteiger partial charge in [-0.2, -0.15) is 0 Å². The van der Waals surface area contributed by atoms with Crippen molar-refractivity contribution in [1.29, 1.82) is 0 Å². The van der Waals surface area contributed by atoms with Gasteiger partial charge in [0.15, 0.2) is 0 Å². The number of nitrogens with two attached hydrogens (primary N) is 1. The number of hydrogen-bond donors (Lipinski definition) is 2.